The summed E-state index contributed by atoms with van der Waals surface area (Å²) in [7, 11) is 0. The zero-order valence-electron chi connectivity index (χ0n) is 16.4. The summed E-state index contributed by atoms with van der Waals surface area (Å²) in [5, 5.41) is 2.63. The zero-order chi connectivity index (χ0) is 19.8. The molecule has 0 saturated carbocycles. The number of hydrogen-bond donors (Lipinski definition) is 0. The van der Waals surface area contributed by atoms with Crippen LogP contribution in [0, 0.1) is 0 Å². The largest absolute Gasteiger partial charge is 0.309 e. The molecule has 1 aliphatic carbocycles. The van der Waals surface area contributed by atoms with E-state index in [9.17, 15) is 0 Å². The molecule has 140 valence electrons. The Labute approximate surface area is 178 Å². The molecular formula is C27H20BrN. The first kappa shape index (κ1) is 17.1. The molecule has 0 N–H and O–H groups in total. The van der Waals surface area contributed by atoms with E-state index in [1.807, 2.05) is 0 Å². The molecule has 0 radical (unpaired) electrons. The van der Waals surface area contributed by atoms with Gasteiger partial charge in [0.1, 0.15) is 0 Å². The van der Waals surface area contributed by atoms with E-state index in [2.05, 4.69) is 119 Å². The maximum atomic E-state index is 3.59. The van der Waals surface area contributed by atoms with Gasteiger partial charge in [-0.3, -0.25) is 0 Å². The monoisotopic (exact) mass is 437 g/mol. The van der Waals surface area contributed by atoms with Gasteiger partial charge in [-0.2, -0.15) is 0 Å². The molecule has 29 heavy (non-hydrogen) atoms. The first-order valence-corrected chi connectivity index (χ1v) is 10.8. The lowest BCUT2D eigenvalue weighted by Crippen LogP contribution is -2.16. The smallest absolute Gasteiger partial charge is 0.0588 e. The van der Waals surface area contributed by atoms with Gasteiger partial charge in [0, 0.05) is 26.3 Å². The van der Waals surface area contributed by atoms with Crippen LogP contribution in [0.25, 0.3) is 38.6 Å². The molecule has 0 saturated heterocycles. The minimum absolute atomic E-state index is 0.0487. The van der Waals surface area contributed by atoms with Crippen molar-refractivity contribution in [3.63, 3.8) is 0 Å². The van der Waals surface area contributed by atoms with Crippen LogP contribution in [0.3, 0.4) is 0 Å². The van der Waals surface area contributed by atoms with E-state index in [1.165, 1.54) is 49.7 Å². The number of benzene rings is 4. The van der Waals surface area contributed by atoms with Crippen LogP contribution in [0.5, 0.6) is 0 Å². The van der Waals surface area contributed by atoms with Crippen LogP contribution in [0.4, 0.5) is 0 Å². The van der Waals surface area contributed by atoms with Crippen molar-refractivity contribution in [3.05, 3.63) is 101 Å². The van der Waals surface area contributed by atoms with Crippen molar-refractivity contribution in [2.24, 2.45) is 0 Å². The van der Waals surface area contributed by atoms with Crippen LogP contribution < -0.4 is 0 Å². The van der Waals surface area contributed by atoms with E-state index in [0.29, 0.717) is 0 Å². The standard InChI is InChI=1S/C27H20BrN/c1-27(2)23-9-5-3-7-19(23)21-15-16-22-20-8-4-6-10-24(20)29(26(22)25(21)27)18-13-11-17(28)12-14-18/h3-16H,1-2H3. The predicted octanol–water partition coefficient (Wildman–Crippen LogP) is 7.85. The highest BCUT2D eigenvalue weighted by molar-refractivity contribution is 9.10. The van der Waals surface area contributed by atoms with Crippen molar-refractivity contribution in [1.82, 2.24) is 4.57 Å². The minimum atomic E-state index is -0.0487. The molecule has 0 atom stereocenters. The molecule has 0 unspecified atom stereocenters. The van der Waals surface area contributed by atoms with Gasteiger partial charge in [0.05, 0.1) is 11.0 Å². The van der Waals surface area contributed by atoms with E-state index in [1.54, 1.807) is 0 Å². The van der Waals surface area contributed by atoms with Crippen molar-refractivity contribution < 1.29 is 0 Å². The predicted molar refractivity (Wildman–Crippen MR) is 126 cm³/mol. The Kier molecular flexibility index (Phi) is 3.43. The Bertz CT molecular complexity index is 1420. The van der Waals surface area contributed by atoms with Crippen LogP contribution in [-0.4, -0.2) is 4.57 Å². The highest BCUT2D eigenvalue weighted by atomic mass is 79.9. The van der Waals surface area contributed by atoms with E-state index < -0.39 is 0 Å². The summed E-state index contributed by atoms with van der Waals surface area (Å²) in [5.74, 6) is 0. The summed E-state index contributed by atoms with van der Waals surface area (Å²) in [5.41, 5.74) is 9.29. The molecule has 0 amide bonds. The molecule has 0 spiro atoms. The van der Waals surface area contributed by atoms with E-state index in [0.717, 1.165) is 4.47 Å². The molecule has 0 aliphatic heterocycles. The topological polar surface area (TPSA) is 4.93 Å². The van der Waals surface area contributed by atoms with Gasteiger partial charge < -0.3 is 4.57 Å². The Morgan fingerprint density at radius 2 is 1.41 bits per heavy atom. The Balaban J connectivity index is 1.84. The Morgan fingerprint density at radius 1 is 0.690 bits per heavy atom. The fourth-order valence-corrected chi connectivity index (χ4v) is 5.44. The maximum Gasteiger partial charge on any atom is 0.0588 e. The number of halogens is 1. The number of hydrogen-bond acceptors (Lipinski definition) is 0. The molecule has 0 fully saturated rings. The molecule has 6 rings (SSSR count). The number of nitrogens with zero attached hydrogens (tertiary/aromatic N) is 1. The highest BCUT2D eigenvalue weighted by Crippen LogP contribution is 2.52. The number of para-hydroxylation sites is 1. The van der Waals surface area contributed by atoms with Crippen molar-refractivity contribution in [2.45, 2.75) is 19.3 Å². The molecule has 2 heteroatoms. The lowest BCUT2D eigenvalue weighted by molar-refractivity contribution is 0.664. The van der Waals surface area contributed by atoms with Crippen molar-refractivity contribution in [1.29, 1.82) is 0 Å². The van der Waals surface area contributed by atoms with Gasteiger partial charge >= 0.3 is 0 Å². The fraction of sp³-hybridized carbons (Fsp3) is 0.111. The molecule has 1 heterocycles. The van der Waals surface area contributed by atoms with Crippen molar-refractivity contribution >= 4 is 37.7 Å². The summed E-state index contributed by atoms with van der Waals surface area (Å²) in [6, 6.07) is 30.9. The SMILES string of the molecule is CC1(C)c2ccccc2-c2ccc3c4ccccc4n(-c4ccc(Br)cc4)c3c21. The van der Waals surface area contributed by atoms with E-state index in [4.69, 9.17) is 0 Å². The summed E-state index contributed by atoms with van der Waals surface area (Å²) in [6.07, 6.45) is 0. The third-order valence-electron chi connectivity index (χ3n) is 6.44. The minimum Gasteiger partial charge on any atom is -0.309 e. The van der Waals surface area contributed by atoms with Crippen molar-refractivity contribution in [2.75, 3.05) is 0 Å². The van der Waals surface area contributed by atoms with Crippen molar-refractivity contribution in [3.8, 4) is 16.8 Å². The number of rotatable bonds is 1. The average Bonchev–Trinajstić information content (AvgIpc) is 3.19. The van der Waals surface area contributed by atoms with Gasteiger partial charge in [0.25, 0.3) is 0 Å². The fourth-order valence-electron chi connectivity index (χ4n) is 5.17. The van der Waals surface area contributed by atoms with Gasteiger partial charge in [0.15, 0.2) is 0 Å². The average molecular weight is 438 g/mol. The third kappa shape index (κ3) is 2.21. The molecule has 5 aromatic rings. The van der Waals surface area contributed by atoms with Crippen LogP contribution in [0.2, 0.25) is 0 Å². The van der Waals surface area contributed by atoms with Gasteiger partial charge in [-0.25, -0.2) is 0 Å². The van der Waals surface area contributed by atoms with E-state index in [-0.39, 0.29) is 5.41 Å². The van der Waals surface area contributed by atoms with Crippen LogP contribution >= 0.6 is 15.9 Å². The lowest BCUT2D eigenvalue weighted by atomic mass is 9.81. The zero-order valence-corrected chi connectivity index (χ0v) is 18.0. The number of fused-ring (bicyclic) bond motifs is 7. The molecule has 1 nitrogen and oxygen atoms in total. The van der Waals surface area contributed by atoms with Gasteiger partial charge in [-0.1, -0.05) is 84.4 Å². The summed E-state index contributed by atoms with van der Waals surface area (Å²) >= 11 is 3.59. The van der Waals surface area contributed by atoms with Gasteiger partial charge in [-0.15, -0.1) is 0 Å². The molecule has 4 aromatic carbocycles. The second-order valence-corrected chi connectivity index (χ2v) is 9.30. The summed E-state index contributed by atoms with van der Waals surface area (Å²) in [4.78, 5) is 0. The Hall–Kier alpha value is -2.84. The number of aromatic nitrogens is 1. The lowest BCUT2D eigenvalue weighted by Gasteiger charge is -2.23. The molecule has 1 aromatic heterocycles. The first-order chi connectivity index (χ1) is 14.1. The molecular weight excluding hydrogens is 418 g/mol. The van der Waals surface area contributed by atoms with Gasteiger partial charge in [-0.05, 0) is 52.6 Å². The van der Waals surface area contributed by atoms with Crippen LogP contribution in [0.15, 0.2) is 89.4 Å². The summed E-state index contributed by atoms with van der Waals surface area (Å²) < 4.78 is 3.55. The normalized spacial score (nSPS) is 14.3. The molecule has 0 bridgehead atoms. The van der Waals surface area contributed by atoms with Gasteiger partial charge in [0.2, 0.25) is 0 Å². The van der Waals surface area contributed by atoms with Crippen LogP contribution in [-0.2, 0) is 5.41 Å². The first-order valence-electron chi connectivity index (χ1n) is 10.00. The second kappa shape index (κ2) is 5.84. The van der Waals surface area contributed by atoms with E-state index >= 15 is 0 Å². The quantitative estimate of drug-likeness (QED) is 0.251. The molecule has 1 aliphatic rings. The van der Waals surface area contributed by atoms with Crippen LogP contribution in [0.1, 0.15) is 25.0 Å². The third-order valence-corrected chi connectivity index (χ3v) is 6.97. The second-order valence-electron chi connectivity index (χ2n) is 8.38. The highest BCUT2D eigenvalue weighted by Gasteiger charge is 2.38. The maximum absolute atomic E-state index is 3.59. The summed E-state index contributed by atoms with van der Waals surface area (Å²) in [6.45, 7) is 4.72. The Morgan fingerprint density at radius 3 is 2.24 bits per heavy atom.